The number of nitrogens with zero attached hydrogens (tertiary/aromatic N) is 2. The van der Waals surface area contributed by atoms with Crippen LogP contribution in [0, 0.1) is 0 Å². The van der Waals surface area contributed by atoms with Gasteiger partial charge in [-0.25, -0.2) is 4.79 Å². The zero-order valence-corrected chi connectivity index (χ0v) is 26.8. The quantitative estimate of drug-likeness (QED) is 0.124. The summed E-state index contributed by atoms with van der Waals surface area (Å²) in [7, 11) is 1.68. The second kappa shape index (κ2) is 14.4. The smallest absolute Gasteiger partial charge is 0.336 e. The van der Waals surface area contributed by atoms with Crippen LogP contribution in [-0.2, 0) is 17.7 Å². The van der Waals surface area contributed by atoms with Gasteiger partial charge in [-0.2, -0.15) is 0 Å². The van der Waals surface area contributed by atoms with Crippen LogP contribution in [0.25, 0.3) is 22.0 Å². The number of nitrogens with one attached hydrogen (secondary N) is 1. The Bertz CT molecular complexity index is 1730. The molecule has 1 aromatic heterocycles. The summed E-state index contributed by atoms with van der Waals surface area (Å²) in [5.41, 5.74) is 8.21. The first-order chi connectivity index (χ1) is 21.9. The van der Waals surface area contributed by atoms with E-state index in [1.165, 1.54) is 5.56 Å². The molecule has 5 rings (SSSR count). The van der Waals surface area contributed by atoms with Crippen LogP contribution in [0.1, 0.15) is 54.7 Å². The summed E-state index contributed by atoms with van der Waals surface area (Å²) in [6, 6.07) is 28.5. The molecule has 1 unspecified atom stereocenters. The Morgan fingerprint density at radius 2 is 1.62 bits per heavy atom. The maximum atomic E-state index is 12.6. The lowest BCUT2D eigenvalue weighted by Crippen LogP contribution is -2.34. The van der Waals surface area contributed by atoms with E-state index in [-0.39, 0.29) is 6.23 Å². The van der Waals surface area contributed by atoms with Gasteiger partial charge in [0.1, 0.15) is 12.0 Å². The van der Waals surface area contributed by atoms with Gasteiger partial charge in [-0.1, -0.05) is 48.5 Å². The van der Waals surface area contributed by atoms with Crippen molar-refractivity contribution in [3.05, 3.63) is 113 Å². The first-order valence-corrected chi connectivity index (χ1v) is 15.7. The van der Waals surface area contributed by atoms with Crippen LogP contribution in [0.2, 0.25) is 0 Å². The molecule has 0 aliphatic carbocycles. The van der Waals surface area contributed by atoms with E-state index in [1.807, 2.05) is 61.7 Å². The van der Waals surface area contributed by atoms with Crippen molar-refractivity contribution in [3.8, 4) is 16.9 Å². The van der Waals surface area contributed by atoms with Crippen LogP contribution < -0.4 is 14.5 Å². The number of aromatic nitrogens is 1. The first kappa shape index (κ1) is 31.7. The highest BCUT2D eigenvalue weighted by Gasteiger charge is 2.20. The van der Waals surface area contributed by atoms with Gasteiger partial charge in [0, 0.05) is 66.7 Å². The molecule has 5 aromatic rings. The minimum atomic E-state index is -0.933. The molecule has 0 aliphatic rings. The maximum Gasteiger partial charge on any atom is 0.336 e. The molecule has 1 heterocycles. The minimum Gasteiger partial charge on any atom is -0.496 e. The van der Waals surface area contributed by atoms with Gasteiger partial charge in [0.25, 0.3) is 0 Å². The molecule has 0 saturated carbocycles. The third-order valence-corrected chi connectivity index (χ3v) is 8.45. The predicted molar refractivity (Wildman–Crippen MR) is 184 cm³/mol. The number of carboxylic acids is 1. The standard InChI is InChI=1S/C38H43N3O4/c1-6-40(25-27-12-10-9-11-13-27)32-19-16-29(33(23-32)38(42)43)22-30-24-39-34-20-21-35(44-5)37(36(30)34)28-14-17-31(18-15-28)41(7-2)26(4)45-8-3/h9-21,23-24,26,39H,6-8,22,25H2,1-5H3,(H,42,43). The second-order valence-electron chi connectivity index (χ2n) is 11.1. The fraction of sp³-hybridized carbons (Fsp3) is 0.289. The molecule has 4 aromatic carbocycles. The van der Waals surface area contributed by atoms with Gasteiger partial charge in [0.15, 0.2) is 0 Å². The van der Waals surface area contributed by atoms with E-state index in [9.17, 15) is 9.90 Å². The van der Waals surface area contributed by atoms with E-state index in [0.717, 1.165) is 63.4 Å². The van der Waals surface area contributed by atoms with Crippen molar-refractivity contribution in [2.45, 2.75) is 46.9 Å². The van der Waals surface area contributed by atoms with Crippen molar-refractivity contribution in [3.63, 3.8) is 0 Å². The molecule has 0 aliphatic heterocycles. The third kappa shape index (κ3) is 6.84. The number of methoxy groups -OCH3 is 1. The van der Waals surface area contributed by atoms with Crippen molar-refractivity contribution >= 4 is 28.2 Å². The number of carboxylic acid groups (broad SMARTS) is 1. The number of aromatic amines is 1. The summed E-state index contributed by atoms with van der Waals surface area (Å²) in [6.45, 7) is 11.2. The monoisotopic (exact) mass is 605 g/mol. The molecule has 0 amide bonds. The highest BCUT2D eigenvalue weighted by atomic mass is 16.5. The zero-order chi connectivity index (χ0) is 31.9. The van der Waals surface area contributed by atoms with E-state index in [1.54, 1.807) is 7.11 Å². The van der Waals surface area contributed by atoms with Crippen molar-refractivity contribution < 1.29 is 19.4 Å². The van der Waals surface area contributed by atoms with E-state index < -0.39 is 5.97 Å². The van der Waals surface area contributed by atoms with Crippen molar-refractivity contribution in [1.29, 1.82) is 0 Å². The normalized spacial score (nSPS) is 11.8. The third-order valence-electron chi connectivity index (χ3n) is 8.45. The number of ether oxygens (including phenoxy) is 2. The molecule has 0 radical (unpaired) electrons. The summed E-state index contributed by atoms with van der Waals surface area (Å²) in [5.74, 6) is -0.169. The molecular formula is C38H43N3O4. The Balaban J connectivity index is 1.51. The second-order valence-corrected chi connectivity index (χ2v) is 11.1. The van der Waals surface area contributed by atoms with Crippen LogP contribution in [0.4, 0.5) is 11.4 Å². The van der Waals surface area contributed by atoms with Crippen LogP contribution >= 0.6 is 0 Å². The van der Waals surface area contributed by atoms with Crippen LogP contribution in [0.3, 0.4) is 0 Å². The summed E-state index contributed by atoms with van der Waals surface area (Å²) in [5, 5.41) is 11.3. The summed E-state index contributed by atoms with van der Waals surface area (Å²) < 4.78 is 11.7. The summed E-state index contributed by atoms with van der Waals surface area (Å²) >= 11 is 0. The molecule has 0 saturated heterocycles. The number of rotatable bonds is 14. The first-order valence-electron chi connectivity index (χ1n) is 15.7. The number of aromatic carboxylic acids is 1. The molecule has 0 fully saturated rings. The Hall–Kier alpha value is -4.75. The molecule has 0 spiro atoms. The average molecular weight is 606 g/mol. The van der Waals surface area contributed by atoms with Crippen molar-refractivity contribution in [1.82, 2.24) is 4.98 Å². The number of fused-ring (bicyclic) bond motifs is 1. The average Bonchev–Trinajstić information content (AvgIpc) is 3.47. The Morgan fingerprint density at radius 1 is 0.889 bits per heavy atom. The lowest BCUT2D eigenvalue weighted by Gasteiger charge is -2.30. The van der Waals surface area contributed by atoms with Gasteiger partial charge < -0.3 is 29.4 Å². The lowest BCUT2D eigenvalue weighted by molar-refractivity contribution is 0.0695. The fourth-order valence-corrected chi connectivity index (χ4v) is 6.18. The molecule has 7 heteroatoms. The Kier molecular flexibility index (Phi) is 10.1. The Labute approximate surface area is 266 Å². The predicted octanol–water partition coefficient (Wildman–Crippen LogP) is 8.37. The molecule has 45 heavy (non-hydrogen) atoms. The summed E-state index contributed by atoms with van der Waals surface area (Å²) in [4.78, 5) is 20.4. The van der Waals surface area contributed by atoms with E-state index in [0.29, 0.717) is 25.1 Å². The fourth-order valence-electron chi connectivity index (χ4n) is 6.18. The number of hydrogen-bond acceptors (Lipinski definition) is 5. The van der Waals surface area contributed by atoms with Gasteiger partial charge in [-0.05, 0) is 86.3 Å². The molecule has 7 nitrogen and oxygen atoms in total. The maximum absolute atomic E-state index is 12.6. The van der Waals surface area contributed by atoms with Crippen molar-refractivity contribution in [2.24, 2.45) is 0 Å². The number of anilines is 2. The molecular weight excluding hydrogens is 562 g/mol. The van der Waals surface area contributed by atoms with Gasteiger partial charge >= 0.3 is 5.97 Å². The lowest BCUT2D eigenvalue weighted by atomic mass is 9.93. The van der Waals surface area contributed by atoms with Crippen molar-refractivity contribution in [2.75, 3.05) is 36.6 Å². The molecule has 0 bridgehead atoms. The SMILES string of the molecule is CCOC(C)N(CC)c1ccc(-c2c(OC)ccc3[nH]cc(Cc4ccc(N(CC)Cc5ccccc5)cc4C(=O)O)c23)cc1. The van der Waals surface area contributed by atoms with Gasteiger partial charge in [0.2, 0.25) is 0 Å². The minimum absolute atomic E-state index is 0.0299. The van der Waals surface area contributed by atoms with Crippen LogP contribution in [0.5, 0.6) is 5.75 Å². The van der Waals surface area contributed by atoms with Gasteiger partial charge in [0.05, 0.1) is 12.7 Å². The topological polar surface area (TPSA) is 78.0 Å². The Morgan fingerprint density at radius 3 is 2.27 bits per heavy atom. The van der Waals surface area contributed by atoms with E-state index in [4.69, 9.17) is 9.47 Å². The molecule has 234 valence electrons. The number of benzene rings is 4. The zero-order valence-electron chi connectivity index (χ0n) is 26.8. The molecule has 1 atom stereocenters. The highest BCUT2D eigenvalue weighted by molar-refractivity contribution is 6.01. The number of H-pyrrole nitrogens is 1. The largest absolute Gasteiger partial charge is 0.496 e. The van der Waals surface area contributed by atoms with Gasteiger partial charge in [-0.3, -0.25) is 0 Å². The molecule has 2 N–H and O–H groups in total. The van der Waals surface area contributed by atoms with E-state index in [2.05, 4.69) is 72.0 Å². The highest BCUT2D eigenvalue weighted by Crippen LogP contribution is 2.40. The summed E-state index contributed by atoms with van der Waals surface area (Å²) in [6.07, 6.45) is 2.41. The number of hydrogen-bond donors (Lipinski definition) is 2. The van der Waals surface area contributed by atoms with E-state index >= 15 is 0 Å². The van der Waals surface area contributed by atoms with Crippen LogP contribution in [0.15, 0.2) is 91.1 Å². The van der Waals surface area contributed by atoms with Crippen LogP contribution in [-0.4, -0.2) is 49.1 Å². The van der Waals surface area contributed by atoms with Gasteiger partial charge in [-0.15, -0.1) is 0 Å². The number of carbonyl (C=O) groups is 1.